The molecule has 1 saturated heterocycles. The van der Waals surface area contributed by atoms with Crippen LogP contribution in [0, 0.1) is 0 Å². The topological polar surface area (TPSA) is 42.1 Å². The van der Waals surface area contributed by atoms with Gasteiger partial charge in [0.15, 0.2) is 0 Å². The van der Waals surface area contributed by atoms with Crippen LogP contribution in [0.5, 0.6) is 0 Å². The van der Waals surface area contributed by atoms with Crippen molar-refractivity contribution in [2.75, 3.05) is 13.1 Å². The largest absolute Gasteiger partial charge is 0.326 e. The van der Waals surface area contributed by atoms with E-state index in [1.165, 1.54) is 57.2 Å². The highest BCUT2D eigenvalue weighted by Crippen LogP contribution is 2.40. The molecule has 1 aromatic rings. The van der Waals surface area contributed by atoms with Crippen LogP contribution < -0.4 is 5.73 Å². The quantitative estimate of drug-likeness (QED) is 0.902. The highest BCUT2D eigenvalue weighted by atomic mass is 15.2. The molecular weight excluding hydrogens is 234 g/mol. The smallest absolute Gasteiger partial charge is 0.0363 e. The minimum atomic E-state index is 0.247. The van der Waals surface area contributed by atoms with Crippen molar-refractivity contribution in [1.29, 1.82) is 0 Å². The molecule has 2 heterocycles. The zero-order valence-corrected chi connectivity index (χ0v) is 11.7. The Balaban J connectivity index is 1.76. The second-order valence-electron chi connectivity index (χ2n) is 6.18. The third kappa shape index (κ3) is 2.54. The number of likely N-dealkylation sites (tertiary alicyclic amines) is 1. The van der Waals surface area contributed by atoms with Gasteiger partial charge in [-0.05, 0) is 56.8 Å². The van der Waals surface area contributed by atoms with Crippen molar-refractivity contribution in [1.82, 2.24) is 9.88 Å². The van der Waals surface area contributed by atoms with E-state index in [2.05, 4.69) is 16.0 Å². The van der Waals surface area contributed by atoms with Crippen LogP contribution in [-0.2, 0) is 6.42 Å². The van der Waals surface area contributed by atoms with Gasteiger partial charge in [0, 0.05) is 24.0 Å². The molecule has 0 radical (unpaired) electrons. The summed E-state index contributed by atoms with van der Waals surface area (Å²) in [4.78, 5) is 6.91. The predicted octanol–water partition coefficient (Wildman–Crippen LogP) is 2.36. The number of hydrogen-bond donors (Lipinski definition) is 1. The van der Waals surface area contributed by atoms with Gasteiger partial charge < -0.3 is 5.73 Å². The maximum absolute atomic E-state index is 6.66. The van der Waals surface area contributed by atoms with E-state index >= 15 is 0 Å². The average Bonchev–Trinajstić information content (AvgIpc) is 3.12. The first-order valence-corrected chi connectivity index (χ1v) is 7.71. The Labute approximate surface area is 116 Å². The molecule has 0 spiro atoms. The van der Waals surface area contributed by atoms with E-state index in [0.717, 1.165) is 6.42 Å². The summed E-state index contributed by atoms with van der Waals surface area (Å²) in [5, 5.41) is 0. The highest BCUT2D eigenvalue weighted by Gasteiger charge is 2.44. The fraction of sp³-hybridized carbons (Fsp3) is 0.688. The molecule has 1 saturated carbocycles. The standard InChI is InChI=1S/C16H25N3/c17-15(12-14-6-5-9-18-13-14)16(7-1-2-8-16)19-10-3-4-11-19/h5-6,9,13,15H,1-4,7-8,10-12,17H2. The Hall–Kier alpha value is -0.930. The van der Waals surface area contributed by atoms with Crippen LogP contribution in [0.1, 0.15) is 44.1 Å². The van der Waals surface area contributed by atoms with Crippen molar-refractivity contribution >= 4 is 0 Å². The van der Waals surface area contributed by atoms with Crippen molar-refractivity contribution in [3.05, 3.63) is 30.1 Å². The number of rotatable bonds is 4. The summed E-state index contributed by atoms with van der Waals surface area (Å²) in [7, 11) is 0. The third-order valence-corrected chi connectivity index (χ3v) is 5.07. The molecule has 2 aliphatic rings. The predicted molar refractivity (Wildman–Crippen MR) is 77.9 cm³/mol. The molecule has 2 N–H and O–H groups in total. The van der Waals surface area contributed by atoms with Gasteiger partial charge in [-0.15, -0.1) is 0 Å². The molecule has 3 heteroatoms. The Morgan fingerprint density at radius 1 is 1.21 bits per heavy atom. The SMILES string of the molecule is NC(Cc1cccnc1)C1(N2CCCC2)CCCC1. The summed E-state index contributed by atoms with van der Waals surface area (Å²) in [6.45, 7) is 2.50. The monoisotopic (exact) mass is 259 g/mol. The second kappa shape index (κ2) is 5.59. The first-order chi connectivity index (χ1) is 9.31. The molecule has 104 valence electrons. The van der Waals surface area contributed by atoms with Crippen LogP contribution in [-0.4, -0.2) is 34.6 Å². The fourth-order valence-corrected chi connectivity index (χ4v) is 4.03. The molecule has 0 bridgehead atoms. The maximum atomic E-state index is 6.66. The second-order valence-corrected chi connectivity index (χ2v) is 6.18. The number of aromatic nitrogens is 1. The Morgan fingerprint density at radius 2 is 1.95 bits per heavy atom. The fourth-order valence-electron chi connectivity index (χ4n) is 4.03. The molecule has 1 aliphatic heterocycles. The molecule has 2 fully saturated rings. The Kier molecular flexibility index (Phi) is 3.85. The first-order valence-electron chi connectivity index (χ1n) is 7.71. The molecule has 0 aromatic carbocycles. The molecule has 1 aromatic heterocycles. The van der Waals surface area contributed by atoms with Gasteiger partial charge in [-0.2, -0.15) is 0 Å². The first kappa shape index (κ1) is 13.1. The van der Waals surface area contributed by atoms with Crippen LogP contribution in [0.2, 0.25) is 0 Å². The molecule has 3 rings (SSSR count). The van der Waals surface area contributed by atoms with Gasteiger partial charge >= 0.3 is 0 Å². The van der Waals surface area contributed by atoms with Crippen molar-refractivity contribution in [3.8, 4) is 0 Å². The number of hydrogen-bond acceptors (Lipinski definition) is 3. The average molecular weight is 259 g/mol. The zero-order chi connectivity index (χ0) is 13.1. The maximum Gasteiger partial charge on any atom is 0.0363 e. The molecule has 1 unspecified atom stereocenters. The van der Waals surface area contributed by atoms with Crippen LogP contribution in [0.25, 0.3) is 0 Å². The van der Waals surface area contributed by atoms with E-state index in [1.54, 1.807) is 0 Å². The van der Waals surface area contributed by atoms with Crippen LogP contribution in [0.15, 0.2) is 24.5 Å². The van der Waals surface area contributed by atoms with E-state index in [0.29, 0.717) is 0 Å². The lowest BCUT2D eigenvalue weighted by atomic mass is 9.83. The van der Waals surface area contributed by atoms with Crippen molar-refractivity contribution < 1.29 is 0 Å². The van der Waals surface area contributed by atoms with E-state index in [4.69, 9.17) is 5.73 Å². The Bertz CT molecular complexity index is 392. The van der Waals surface area contributed by atoms with Crippen LogP contribution in [0.3, 0.4) is 0 Å². The van der Waals surface area contributed by atoms with Gasteiger partial charge in [0.2, 0.25) is 0 Å². The molecular formula is C16H25N3. The lowest BCUT2D eigenvalue weighted by Gasteiger charge is -2.43. The highest BCUT2D eigenvalue weighted by molar-refractivity contribution is 5.14. The van der Waals surface area contributed by atoms with Crippen molar-refractivity contribution in [2.45, 2.75) is 56.5 Å². The summed E-state index contributed by atoms with van der Waals surface area (Å²) < 4.78 is 0. The van der Waals surface area contributed by atoms with Crippen molar-refractivity contribution in [3.63, 3.8) is 0 Å². The summed E-state index contributed by atoms with van der Waals surface area (Å²) >= 11 is 0. The van der Waals surface area contributed by atoms with E-state index in [1.807, 2.05) is 18.5 Å². The molecule has 1 aliphatic carbocycles. The lowest BCUT2D eigenvalue weighted by molar-refractivity contribution is 0.0921. The van der Waals surface area contributed by atoms with Gasteiger partial charge in [0.25, 0.3) is 0 Å². The Morgan fingerprint density at radius 3 is 2.58 bits per heavy atom. The van der Waals surface area contributed by atoms with Crippen LogP contribution in [0.4, 0.5) is 0 Å². The minimum absolute atomic E-state index is 0.247. The van der Waals surface area contributed by atoms with Gasteiger partial charge in [-0.1, -0.05) is 18.9 Å². The lowest BCUT2D eigenvalue weighted by Crippen LogP contribution is -2.58. The van der Waals surface area contributed by atoms with Gasteiger partial charge in [-0.3, -0.25) is 9.88 Å². The number of nitrogens with zero attached hydrogens (tertiary/aromatic N) is 2. The zero-order valence-electron chi connectivity index (χ0n) is 11.7. The molecule has 0 amide bonds. The number of nitrogens with two attached hydrogens (primary N) is 1. The summed E-state index contributed by atoms with van der Waals surface area (Å²) in [6, 6.07) is 4.41. The van der Waals surface area contributed by atoms with E-state index in [9.17, 15) is 0 Å². The normalized spacial score (nSPS) is 24.7. The third-order valence-electron chi connectivity index (χ3n) is 5.07. The van der Waals surface area contributed by atoms with Crippen LogP contribution >= 0.6 is 0 Å². The molecule has 19 heavy (non-hydrogen) atoms. The number of pyridine rings is 1. The van der Waals surface area contributed by atoms with Gasteiger partial charge in [0.05, 0.1) is 0 Å². The van der Waals surface area contributed by atoms with E-state index in [-0.39, 0.29) is 11.6 Å². The summed E-state index contributed by atoms with van der Waals surface area (Å²) in [5.74, 6) is 0. The van der Waals surface area contributed by atoms with E-state index < -0.39 is 0 Å². The van der Waals surface area contributed by atoms with Gasteiger partial charge in [-0.25, -0.2) is 0 Å². The summed E-state index contributed by atoms with van der Waals surface area (Å²) in [5.41, 5.74) is 8.20. The minimum Gasteiger partial charge on any atom is -0.326 e. The molecule has 1 atom stereocenters. The van der Waals surface area contributed by atoms with Crippen molar-refractivity contribution in [2.24, 2.45) is 5.73 Å². The van der Waals surface area contributed by atoms with Gasteiger partial charge in [0.1, 0.15) is 0 Å². The molecule has 3 nitrogen and oxygen atoms in total. The summed E-state index contributed by atoms with van der Waals surface area (Å²) in [6.07, 6.45) is 12.7.